The highest BCUT2D eigenvalue weighted by molar-refractivity contribution is 5.71. The van der Waals surface area contributed by atoms with E-state index in [4.69, 9.17) is 14.2 Å². The molecule has 0 aliphatic rings. The highest BCUT2D eigenvalue weighted by Crippen LogP contribution is 2.15. The second-order valence-electron chi connectivity index (χ2n) is 20.9. The Kier molecular flexibility index (Phi) is 61.4. The average Bonchev–Trinajstić information content (AvgIpc) is 3.44. The van der Waals surface area contributed by atoms with Gasteiger partial charge in [0.05, 0.1) is 0 Å². The molecule has 0 aliphatic heterocycles. The van der Waals surface area contributed by atoms with E-state index < -0.39 is 6.10 Å². The molecule has 0 bridgehead atoms. The topological polar surface area (TPSA) is 78.9 Å². The van der Waals surface area contributed by atoms with Crippen LogP contribution in [0.5, 0.6) is 0 Å². The smallest absolute Gasteiger partial charge is 0.306 e. The first kappa shape index (κ1) is 73.5. The maximum absolute atomic E-state index is 12.9. The minimum atomic E-state index is -0.796. The van der Waals surface area contributed by atoms with Gasteiger partial charge in [-0.2, -0.15) is 0 Å². The van der Waals surface area contributed by atoms with Gasteiger partial charge in [-0.1, -0.05) is 257 Å². The standard InChI is InChI=1S/C72H118O6/c1-4-7-10-13-16-19-22-25-27-28-29-30-31-32-33-34-35-36-37-38-39-40-41-42-43-44-46-47-50-53-56-59-62-65-71(74)77-68-69(67-76-70(73)64-61-58-55-52-49-24-21-18-15-12-9-6-3)78-72(75)66-63-60-57-54-51-48-45-26-23-20-17-14-11-8-5-2/h7,10,16-21,25-27,29-30,32-33,35-36,38-39,41-42,45,69H,4-6,8-9,11-15,22-24,28,31,34,37,40,43-44,46-68H2,1-3H3/b10-7-,19-16-,20-17-,21-18-,27-25-,30-29-,33-32-,36-35-,39-38-,42-41-,45-26-. The summed E-state index contributed by atoms with van der Waals surface area (Å²) >= 11 is 0. The third-order valence-corrected chi connectivity index (χ3v) is 13.4. The average molecular weight is 1080 g/mol. The molecule has 442 valence electrons. The van der Waals surface area contributed by atoms with Gasteiger partial charge in [-0.15, -0.1) is 0 Å². The molecule has 0 aromatic heterocycles. The van der Waals surface area contributed by atoms with Crippen molar-refractivity contribution in [2.45, 2.75) is 290 Å². The molecule has 0 spiro atoms. The van der Waals surface area contributed by atoms with Crippen molar-refractivity contribution in [1.82, 2.24) is 0 Å². The van der Waals surface area contributed by atoms with Crippen molar-refractivity contribution in [2.75, 3.05) is 13.2 Å². The molecule has 0 amide bonds. The number of hydrogen-bond donors (Lipinski definition) is 0. The third-order valence-electron chi connectivity index (χ3n) is 13.4. The van der Waals surface area contributed by atoms with Crippen LogP contribution in [0.1, 0.15) is 284 Å². The minimum absolute atomic E-state index is 0.0927. The first-order valence-corrected chi connectivity index (χ1v) is 32.2. The van der Waals surface area contributed by atoms with Gasteiger partial charge >= 0.3 is 17.9 Å². The fraction of sp³-hybridized carbons (Fsp3) is 0.653. The molecule has 0 rings (SSSR count). The molecular weight excluding hydrogens is 961 g/mol. The van der Waals surface area contributed by atoms with Crippen molar-refractivity contribution in [1.29, 1.82) is 0 Å². The van der Waals surface area contributed by atoms with Crippen molar-refractivity contribution < 1.29 is 28.6 Å². The van der Waals surface area contributed by atoms with Gasteiger partial charge in [-0.25, -0.2) is 0 Å². The third kappa shape index (κ3) is 62.4. The van der Waals surface area contributed by atoms with E-state index >= 15 is 0 Å². The SMILES string of the molecule is CC/C=C\C/C=C\C/C=C\C/C=C\C/C=C\C/C=C\C/C=C\C/C=C\CCCCCCCCCCC(=O)OCC(COC(=O)CCCCCCC/C=C\CCCCC)OC(=O)CCCCCCC/C=C\C/C=C\CCCCC. The van der Waals surface area contributed by atoms with E-state index in [0.717, 1.165) is 154 Å². The molecule has 0 fully saturated rings. The first-order valence-electron chi connectivity index (χ1n) is 32.2. The molecule has 1 atom stereocenters. The Bertz CT molecular complexity index is 1670. The molecule has 0 aromatic rings. The van der Waals surface area contributed by atoms with Gasteiger partial charge in [0, 0.05) is 19.3 Å². The Morgan fingerprint density at radius 1 is 0.269 bits per heavy atom. The van der Waals surface area contributed by atoms with Gasteiger partial charge in [0.15, 0.2) is 6.10 Å². The second-order valence-corrected chi connectivity index (χ2v) is 20.9. The van der Waals surface area contributed by atoms with Gasteiger partial charge in [0.25, 0.3) is 0 Å². The number of carbonyl (C=O) groups excluding carboxylic acids is 3. The number of allylic oxidation sites excluding steroid dienone is 22. The summed E-state index contributed by atoms with van der Waals surface area (Å²) in [7, 11) is 0. The normalized spacial score (nSPS) is 13.0. The van der Waals surface area contributed by atoms with Crippen LogP contribution in [0.2, 0.25) is 0 Å². The molecule has 78 heavy (non-hydrogen) atoms. The fourth-order valence-corrected chi connectivity index (χ4v) is 8.54. The van der Waals surface area contributed by atoms with Crippen LogP contribution in [-0.2, 0) is 28.6 Å². The van der Waals surface area contributed by atoms with E-state index in [1.807, 2.05) is 0 Å². The van der Waals surface area contributed by atoms with Gasteiger partial charge in [-0.3, -0.25) is 14.4 Å². The first-order chi connectivity index (χ1) is 38.5. The zero-order chi connectivity index (χ0) is 56.4. The van der Waals surface area contributed by atoms with Crippen molar-refractivity contribution in [3.8, 4) is 0 Å². The minimum Gasteiger partial charge on any atom is -0.462 e. The van der Waals surface area contributed by atoms with E-state index in [2.05, 4.69) is 154 Å². The summed E-state index contributed by atoms with van der Waals surface area (Å²) in [5.41, 5.74) is 0. The lowest BCUT2D eigenvalue weighted by atomic mass is 10.1. The summed E-state index contributed by atoms with van der Waals surface area (Å²) in [4.78, 5) is 38.2. The summed E-state index contributed by atoms with van der Waals surface area (Å²) < 4.78 is 16.9. The maximum atomic E-state index is 12.9. The van der Waals surface area contributed by atoms with E-state index in [9.17, 15) is 14.4 Å². The zero-order valence-electron chi connectivity index (χ0n) is 50.6. The predicted octanol–water partition coefficient (Wildman–Crippen LogP) is 22.2. The molecular formula is C72H118O6. The molecule has 6 heteroatoms. The second kappa shape index (κ2) is 65.1. The number of unbranched alkanes of at least 4 members (excludes halogenated alkanes) is 24. The zero-order valence-corrected chi connectivity index (χ0v) is 50.6. The van der Waals surface area contributed by atoms with Crippen molar-refractivity contribution in [2.24, 2.45) is 0 Å². The van der Waals surface area contributed by atoms with Gasteiger partial charge in [-0.05, 0) is 141 Å². The number of rotatable bonds is 57. The number of ether oxygens (including phenoxy) is 3. The van der Waals surface area contributed by atoms with Crippen LogP contribution in [0, 0.1) is 0 Å². The Morgan fingerprint density at radius 3 is 0.795 bits per heavy atom. The van der Waals surface area contributed by atoms with Crippen molar-refractivity contribution in [3.05, 3.63) is 134 Å². The van der Waals surface area contributed by atoms with Crippen LogP contribution in [0.25, 0.3) is 0 Å². The molecule has 0 saturated carbocycles. The van der Waals surface area contributed by atoms with Crippen LogP contribution >= 0.6 is 0 Å². The van der Waals surface area contributed by atoms with E-state index in [-0.39, 0.29) is 31.1 Å². The van der Waals surface area contributed by atoms with E-state index in [1.165, 1.54) is 89.9 Å². The summed E-state index contributed by atoms with van der Waals surface area (Å²) in [6, 6.07) is 0. The van der Waals surface area contributed by atoms with Crippen LogP contribution in [0.4, 0.5) is 0 Å². The van der Waals surface area contributed by atoms with Gasteiger partial charge < -0.3 is 14.2 Å². The molecule has 0 heterocycles. The maximum Gasteiger partial charge on any atom is 0.306 e. The van der Waals surface area contributed by atoms with E-state index in [1.54, 1.807) is 0 Å². The van der Waals surface area contributed by atoms with Gasteiger partial charge in [0.2, 0.25) is 0 Å². The van der Waals surface area contributed by atoms with Crippen LogP contribution in [-0.4, -0.2) is 37.2 Å². The van der Waals surface area contributed by atoms with Gasteiger partial charge in [0.1, 0.15) is 13.2 Å². The number of hydrogen-bond acceptors (Lipinski definition) is 6. The lowest BCUT2D eigenvalue weighted by molar-refractivity contribution is -0.167. The van der Waals surface area contributed by atoms with E-state index in [0.29, 0.717) is 19.3 Å². The quantitative estimate of drug-likeness (QED) is 0.0261. The number of esters is 3. The van der Waals surface area contributed by atoms with Crippen LogP contribution in [0.15, 0.2) is 134 Å². The highest BCUT2D eigenvalue weighted by atomic mass is 16.6. The molecule has 0 aliphatic carbocycles. The Morgan fingerprint density at radius 2 is 0.500 bits per heavy atom. The molecule has 0 radical (unpaired) electrons. The predicted molar refractivity (Wildman–Crippen MR) is 339 cm³/mol. The van der Waals surface area contributed by atoms with Crippen molar-refractivity contribution >= 4 is 17.9 Å². The monoisotopic (exact) mass is 1080 g/mol. The largest absolute Gasteiger partial charge is 0.462 e. The number of carbonyl (C=O) groups is 3. The summed E-state index contributed by atoms with van der Waals surface area (Å²) in [6.45, 7) is 6.45. The molecule has 0 aromatic carbocycles. The molecule has 0 saturated heterocycles. The fourth-order valence-electron chi connectivity index (χ4n) is 8.54. The summed E-state index contributed by atoms with van der Waals surface area (Å²) in [5, 5.41) is 0. The lowest BCUT2D eigenvalue weighted by Gasteiger charge is -2.18. The summed E-state index contributed by atoms with van der Waals surface area (Å²) in [6.07, 6.45) is 91.7. The van der Waals surface area contributed by atoms with Crippen molar-refractivity contribution in [3.63, 3.8) is 0 Å². The molecule has 1 unspecified atom stereocenters. The molecule has 6 nitrogen and oxygen atoms in total. The van der Waals surface area contributed by atoms with Crippen LogP contribution < -0.4 is 0 Å². The summed E-state index contributed by atoms with van der Waals surface area (Å²) in [5.74, 6) is -0.923. The lowest BCUT2D eigenvalue weighted by Crippen LogP contribution is -2.30. The van der Waals surface area contributed by atoms with Crippen LogP contribution in [0.3, 0.4) is 0 Å². The molecule has 0 N–H and O–H groups in total. The Balaban J connectivity index is 4.27. The Hall–Kier alpha value is -4.45. The Labute approximate surface area is 481 Å². The highest BCUT2D eigenvalue weighted by Gasteiger charge is 2.19.